The van der Waals surface area contributed by atoms with E-state index in [1.165, 1.54) is 0 Å². The summed E-state index contributed by atoms with van der Waals surface area (Å²) in [5.41, 5.74) is 0. The molecule has 1 atom stereocenters. The Morgan fingerprint density at radius 2 is 2.05 bits per heavy atom. The third-order valence-electron chi connectivity index (χ3n) is 3.31. The SMILES string of the molecule is CCCNCCCNS(=O)c1cccc2c(OC)nccc12. The highest BCUT2D eigenvalue weighted by molar-refractivity contribution is 7.83. The van der Waals surface area contributed by atoms with Crippen LogP contribution in [0, 0.1) is 0 Å². The van der Waals surface area contributed by atoms with Crippen LogP contribution in [0.1, 0.15) is 19.8 Å². The Labute approximate surface area is 134 Å². The van der Waals surface area contributed by atoms with Crippen molar-refractivity contribution in [1.29, 1.82) is 0 Å². The summed E-state index contributed by atoms with van der Waals surface area (Å²) in [6.45, 7) is 4.82. The molecule has 0 fully saturated rings. The number of aromatic nitrogens is 1. The summed E-state index contributed by atoms with van der Waals surface area (Å²) in [7, 11) is 0.354. The first-order chi connectivity index (χ1) is 10.8. The van der Waals surface area contributed by atoms with Crippen molar-refractivity contribution >= 4 is 21.8 Å². The molecule has 1 aromatic heterocycles. The van der Waals surface area contributed by atoms with Crippen LogP contribution in [0.3, 0.4) is 0 Å². The molecule has 1 aromatic carbocycles. The fourth-order valence-corrected chi connectivity index (χ4v) is 3.30. The Balaban J connectivity index is 2.02. The highest BCUT2D eigenvalue weighted by Gasteiger charge is 2.11. The monoisotopic (exact) mass is 321 g/mol. The van der Waals surface area contributed by atoms with Crippen LogP contribution in [0.2, 0.25) is 0 Å². The van der Waals surface area contributed by atoms with Crippen LogP contribution in [0.25, 0.3) is 10.8 Å². The van der Waals surface area contributed by atoms with Gasteiger partial charge in [-0.05, 0) is 44.1 Å². The maximum absolute atomic E-state index is 12.5. The van der Waals surface area contributed by atoms with Gasteiger partial charge >= 0.3 is 0 Å². The van der Waals surface area contributed by atoms with Crippen LogP contribution < -0.4 is 14.8 Å². The Morgan fingerprint density at radius 1 is 1.18 bits per heavy atom. The van der Waals surface area contributed by atoms with Gasteiger partial charge in [0.1, 0.15) is 11.0 Å². The third kappa shape index (κ3) is 4.25. The van der Waals surface area contributed by atoms with E-state index in [4.69, 9.17) is 4.74 Å². The van der Waals surface area contributed by atoms with Crippen LogP contribution in [-0.2, 0) is 11.0 Å². The first-order valence-electron chi connectivity index (χ1n) is 7.55. The normalized spacial score (nSPS) is 12.5. The molecule has 5 nitrogen and oxygen atoms in total. The first-order valence-corrected chi connectivity index (χ1v) is 8.70. The van der Waals surface area contributed by atoms with Crippen molar-refractivity contribution < 1.29 is 8.95 Å². The van der Waals surface area contributed by atoms with E-state index in [-0.39, 0.29) is 0 Å². The van der Waals surface area contributed by atoms with E-state index in [1.807, 2.05) is 24.3 Å². The number of rotatable bonds is 9. The van der Waals surface area contributed by atoms with E-state index >= 15 is 0 Å². The van der Waals surface area contributed by atoms with Crippen LogP contribution in [0.4, 0.5) is 0 Å². The molecule has 0 saturated carbocycles. The van der Waals surface area contributed by atoms with Gasteiger partial charge in [-0.2, -0.15) is 0 Å². The number of ether oxygens (including phenoxy) is 1. The zero-order chi connectivity index (χ0) is 15.8. The maximum atomic E-state index is 12.5. The summed E-state index contributed by atoms with van der Waals surface area (Å²) in [6, 6.07) is 7.55. The Bertz CT molecular complexity index is 634. The lowest BCUT2D eigenvalue weighted by Gasteiger charge is -2.10. The predicted molar refractivity (Wildman–Crippen MR) is 90.5 cm³/mol. The van der Waals surface area contributed by atoms with Gasteiger partial charge in [0, 0.05) is 23.5 Å². The molecule has 1 heterocycles. The fourth-order valence-electron chi connectivity index (χ4n) is 2.23. The second-order valence-corrected chi connectivity index (χ2v) is 6.20. The quantitative estimate of drug-likeness (QED) is 0.695. The van der Waals surface area contributed by atoms with E-state index in [1.54, 1.807) is 13.3 Å². The van der Waals surface area contributed by atoms with Gasteiger partial charge in [0.2, 0.25) is 5.88 Å². The summed E-state index contributed by atoms with van der Waals surface area (Å²) < 4.78 is 20.8. The number of methoxy groups -OCH3 is 1. The molecule has 2 rings (SSSR count). The van der Waals surface area contributed by atoms with Gasteiger partial charge < -0.3 is 10.1 Å². The molecule has 0 spiro atoms. The standard InChI is InChI=1S/C16H23N3O2S/c1-3-9-17-10-5-11-19-22(20)15-7-4-6-14-13(15)8-12-18-16(14)21-2/h4,6-8,12,17,19H,3,5,9-11H2,1-2H3. The molecule has 0 saturated heterocycles. The van der Waals surface area contributed by atoms with Crippen LogP contribution in [0.15, 0.2) is 35.4 Å². The lowest BCUT2D eigenvalue weighted by Crippen LogP contribution is -2.24. The summed E-state index contributed by atoms with van der Waals surface area (Å²) in [5, 5.41) is 5.11. The summed E-state index contributed by atoms with van der Waals surface area (Å²) in [4.78, 5) is 4.94. The fraction of sp³-hybridized carbons (Fsp3) is 0.438. The van der Waals surface area contributed by atoms with E-state index in [0.29, 0.717) is 12.4 Å². The molecule has 0 amide bonds. The number of nitrogens with zero attached hydrogens (tertiary/aromatic N) is 1. The Hall–Kier alpha value is -1.50. The molecule has 2 N–H and O–H groups in total. The second-order valence-electron chi connectivity index (χ2n) is 4.94. The number of nitrogens with one attached hydrogen (secondary N) is 2. The van der Waals surface area contributed by atoms with E-state index in [9.17, 15) is 4.21 Å². The maximum Gasteiger partial charge on any atom is 0.221 e. The van der Waals surface area contributed by atoms with Crippen LogP contribution in [-0.4, -0.2) is 35.9 Å². The zero-order valence-electron chi connectivity index (χ0n) is 13.1. The summed E-state index contributed by atoms with van der Waals surface area (Å²) in [5.74, 6) is 0.556. The first kappa shape index (κ1) is 16.9. The van der Waals surface area contributed by atoms with Crippen LogP contribution in [0.5, 0.6) is 5.88 Å². The molecule has 0 radical (unpaired) electrons. The van der Waals surface area contributed by atoms with Crippen LogP contribution >= 0.6 is 0 Å². The Morgan fingerprint density at radius 3 is 2.82 bits per heavy atom. The molecule has 1 unspecified atom stereocenters. The van der Waals surface area contributed by atoms with Crippen molar-refractivity contribution in [1.82, 2.24) is 15.0 Å². The van der Waals surface area contributed by atoms with E-state index in [0.717, 1.165) is 41.6 Å². The van der Waals surface area contributed by atoms with Gasteiger partial charge in [0.15, 0.2) is 0 Å². The van der Waals surface area contributed by atoms with Gasteiger partial charge in [-0.25, -0.2) is 13.9 Å². The summed E-state index contributed by atoms with van der Waals surface area (Å²) >= 11 is 0. The van der Waals surface area contributed by atoms with Crippen molar-refractivity contribution in [2.75, 3.05) is 26.7 Å². The molecule has 6 heteroatoms. The molecule has 0 bridgehead atoms. The van der Waals surface area contributed by atoms with E-state index in [2.05, 4.69) is 21.9 Å². The largest absolute Gasteiger partial charge is 0.481 e. The van der Waals surface area contributed by atoms with Crippen molar-refractivity contribution in [2.24, 2.45) is 0 Å². The Kier molecular flexibility index (Phi) is 6.76. The highest BCUT2D eigenvalue weighted by Crippen LogP contribution is 2.26. The molecule has 22 heavy (non-hydrogen) atoms. The third-order valence-corrected chi connectivity index (χ3v) is 4.53. The lowest BCUT2D eigenvalue weighted by molar-refractivity contribution is 0.403. The topological polar surface area (TPSA) is 63.2 Å². The van der Waals surface area contributed by atoms with Gasteiger partial charge in [-0.1, -0.05) is 13.0 Å². The number of fused-ring (bicyclic) bond motifs is 1. The number of pyridine rings is 1. The number of benzene rings is 1. The van der Waals surface area contributed by atoms with Gasteiger partial charge in [0.25, 0.3) is 0 Å². The molecule has 0 aliphatic heterocycles. The van der Waals surface area contributed by atoms with Gasteiger partial charge in [-0.3, -0.25) is 0 Å². The van der Waals surface area contributed by atoms with Crippen molar-refractivity contribution in [2.45, 2.75) is 24.7 Å². The average molecular weight is 321 g/mol. The number of hydrogen-bond acceptors (Lipinski definition) is 4. The van der Waals surface area contributed by atoms with Gasteiger partial charge in [0.05, 0.1) is 12.0 Å². The second kappa shape index (κ2) is 8.82. The minimum atomic E-state index is -1.24. The average Bonchev–Trinajstić information content (AvgIpc) is 2.56. The highest BCUT2D eigenvalue weighted by atomic mass is 32.2. The zero-order valence-corrected chi connectivity index (χ0v) is 13.9. The molecule has 120 valence electrons. The van der Waals surface area contributed by atoms with E-state index < -0.39 is 11.0 Å². The van der Waals surface area contributed by atoms with Crippen molar-refractivity contribution in [3.8, 4) is 5.88 Å². The number of hydrogen-bond donors (Lipinski definition) is 2. The van der Waals surface area contributed by atoms with Gasteiger partial charge in [-0.15, -0.1) is 0 Å². The predicted octanol–water partition coefficient (Wildman–Crippen LogP) is 2.25. The molecule has 0 aliphatic carbocycles. The molecular formula is C16H23N3O2S. The molecule has 0 aliphatic rings. The minimum Gasteiger partial charge on any atom is -0.481 e. The van der Waals surface area contributed by atoms with Crippen molar-refractivity contribution in [3.63, 3.8) is 0 Å². The lowest BCUT2D eigenvalue weighted by atomic mass is 10.2. The summed E-state index contributed by atoms with van der Waals surface area (Å²) in [6.07, 6.45) is 3.75. The molecule has 2 aromatic rings. The molecular weight excluding hydrogens is 298 g/mol. The smallest absolute Gasteiger partial charge is 0.221 e. The minimum absolute atomic E-state index is 0.556. The van der Waals surface area contributed by atoms with Crippen molar-refractivity contribution in [3.05, 3.63) is 30.5 Å².